The molecule has 8 aromatic heterocycles. The fourth-order valence-corrected chi connectivity index (χ4v) is 11.9. The fourth-order valence-electron chi connectivity index (χ4n) is 10.8. The Morgan fingerprint density at radius 3 is 1.56 bits per heavy atom. The number of nitrogens with zero attached hydrogens (tertiary/aromatic N) is 8. The molecule has 12 aromatic rings. The second-order valence-electron chi connectivity index (χ2n) is 23.4. The number of furan rings is 2. The van der Waals surface area contributed by atoms with Crippen LogP contribution in [0.2, 0.25) is 5.15 Å². The number of anilines is 2. The van der Waals surface area contributed by atoms with Crippen LogP contribution in [0.15, 0.2) is 167 Å². The molecule has 0 aliphatic carbocycles. The van der Waals surface area contributed by atoms with Gasteiger partial charge in [0.15, 0.2) is 5.78 Å². The van der Waals surface area contributed by atoms with E-state index in [1.165, 1.54) is 76.8 Å². The van der Waals surface area contributed by atoms with Gasteiger partial charge in [-0.15, -0.1) is 0 Å². The predicted molar refractivity (Wildman–Crippen MR) is 367 cm³/mol. The largest absolute Gasteiger partial charge is 0.497 e. The summed E-state index contributed by atoms with van der Waals surface area (Å²) < 4.78 is 119. The third-order valence-electron chi connectivity index (χ3n) is 16.7. The van der Waals surface area contributed by atoms with E-state index in [1.54, 1.807) is 71.6 Å². The second-order valence-corrected chi connectivity index (χ2v) is 27.9. The number of carbonyl (C=O) groups excluding carboxylic acids is 2. The number of halogens is 3. The van der Waals surface area contributed by atoms with Crippen molar-refractivity contribution >= 4 is 100 Å². The minimum Gasteiger partial charge on any atom is -0.494 e. The van der Waals surface area contributed by atoms with Crippen LogP contribution >= 0.6 is 11.6 Å². The lowest BCUT2D eigenvalue weighted by atomic mass is 9.76. The Hall–Kier alpha value is -9.99. The molecule has 0 radical (unpaired) electrons. The van der Waals surface area contributed by atoms with Gasteiger partial charge in [0.2, 0.25) is 20.0 Å². The summed E-state index contributed by atoms with van der Waals surface area (Å²) in [4.78, 5) is 35.4. The van der Waals surface area contributed by atoms with Crippen molar-refractivity contribution in [1.29, 1.82) is 0 Å². The molecule has 1 N–H and O–H groups in total. The molecule has 96 heavy (non-hydrogen) atoms. The van der Waals surface area contributed by atoms with E-state index in [2.05, 4.69) is 20.5 Å². The molecule has 21 nitrogen and oxygen atoms in total. The Morgan fingerprint density at radius 2 is 1.08 bits per heavy atom. The van der Waals surface area contributed by atoms with Crippen LogP contribution in [0.3, 0.4) is 0 Å². The molecule has 1 amide bonds. The van der Waals surface area contributed by atoms with E-state index >= 15 is 0 Å². The maximum Gasteiger partial charge on any atom is 0.497 e. The van der Waals surface area contributed by atoms with Crippen LogP contribution < -0.4 is 28.9 Å². The van der Waals surface area contributed by atoms with Crippen LogP contribution in [0.25, 0.3) is 89.7 Å². The number of hydrogen-bond acceptors (Lipinski definition) is 16. The molecule has 1 fully saturated rings. The molecule has 0 atom stereocenters. The molecule has 494 valence electrons. The molecule has 0 saturated carbocycles. The monoisotopic (exact) mass is 1360 g/mol. The first-order chi connectivity index (χ1) is 45.5. The van der Waals surface area contributed by atoms with Crippen molar-refractivity contribution in [2.45, 2.75) is 52.2 Å². The number of ether oxygens (including phenoxy) is 2. The van der Waals surface area contributed by atoms with E-state index in [0.29, 0.717) is 94.9 Å². The highest BCUT2D eigenvalue weighted by atomic mass is 35.5. The minimum absolute atomic E-state index is 0.160. The summed E-state index contributed by atoms with van der Waals surface area (Å²) in [5.74, 6) is 0.204. The van der Waals surface area contributed by atoms with Gasteiger partial charge in [-0.2, -0.15) is 10.2 Å². The Bertz CT molecular complexity index is 5150. The van der Waals surface area contributed by atoms with E-state index in [0.717, 1.165) is 37.8 Å². The van der Waals surface area contributed by atoms with E-state index in [-0.39, 0.29) is 34.8 Å². The lowest BCUT2D eigenvalue weighted by Crippen LogP contribution is -2.41. The normalized spacial score (nSPS) is 13.5. The number of sulfonamides is 2. The smallest absolute Gasteiger partial charge is 0.494 e. The van der Waals surface area contributed by atoms with Crippen LogP contribution in [0, 0.1) is 11.6 Å². The summed E-state index contributed by atoms with van der Waals surface area (Å²) in [5, 5.41) is 13.1. The SMILES string of the molecule is CCC(=O)c1c(-c2ccc(F)cc2)oc2cc(N(C)S(C)(=O)=O)c(B3OC(C)(C)C(C)(C)O3)cc12.CNC(=O)c1c(-c2ccc(F)cc2)oc2cc(N(C)S(C)(=O)=O)c(-c3ccc(OC)c(-c4cc5ccccn5n4)n3)cc12.COc1ccc(Cl)nc1-c1cc2ccccn2n1. The molecule has 4 aromatic carbocycles. The highest BCUT2D eigenvalue weighted by molar-refractivity contribution is 7.92. The molecular formula is C69H65BClF2N9O12S2. The standard InChI is InChI=1S/C31H26FN5O5S.C25H29BFNO6S.C13H10ClN3O/c1-33-31(38)28-22-16-21(23-12-13-26(41-3)29(34-23)24-15-20-7-5-6-14-37(20)35-24)25(36(2)43(4,39)40)17-27(22)42-30(28)18-8-10-19(32)11-9-18;1-8-20(29)22-17-13-18(26-33-24(2,3)25(4,5)34-26)19(28(6)35(7,30)31)14-21(17)32-23(22)15-9-11-16(27)12-10-15;1-18-11-5-6-12(14)15-13(11)10-8-9-4-2-3-7-17(9)16-10/h5-17H,1-4H3,(H,33,38);9-14H,8H2,1-7H3;2-8H,1H3. The zero-order chi connectivity index (χ0) is 68.9. The van der Waals surface area contributed by atoms with Gasteiger partial charge in [-0.05, 0) is 149 Å². The number of rotatable bonds is 15. The average Bonchev–Trinajstić information content (AvgIpc) is 1.56. The lowest BCUT2D eigenvalue weighted by molar-refractivity contribution is 0.00578. The maximum absolute atomic E-state index is 13.7. The Labute approximate surface area is 557 Å². The number of nitrogens with one attached hydrogen (secondary N) is 1. The van der Waals surface area contributed by atoms with Crippen LogP contribution in [0.1, 0.15) is 61.8 Å². The van der Waals surface area contributed by atoms with E-state index < -0.39 is 55.9 Å². The summed E-state index contributed by atoms with van der Waals surface area (Å²) in [6.45, 7) is 9.37. The Morgan fingerprint density at radius 1 is 0.615 bits per heavy atom. The maximum atomic E-state index is 13.7. The number of benzene rings is 4. The lowest BCUT2D eigenvalue weighted by Gasteiger charge is -2.32. The van der Waals surface area contributed by atoms with E-state index in [4.69, 9.17) is 44.2 Å². The minimum atomic E-state index is -3.73. The number of fused-ring (bicyclic) bond motifs is 4. The number of ketones is 1. The van der Waals surface area contributed by atoms with Crippen LogP contribution in [-0.4, -0.2) is 124 Å². The van der Waals surface area contributed by atoms with Crippen molar-refractivity contribution in [3.05, 3.63) is 186 Å². The van der Waals surface area contributed by atoms with Crippen molar-refractivity contribution in [3.8, 4) is 68.2 Å². The molecule has 27 heteroatoms. The summed E-state index contributed by atoms with van der Waals surface area (Å²) in [6.07, 6.45) is 6.12. The third kappa shape index (κ3) is 13.3. The van der Waals surface area contributed by atoms with Crippen molar-refractivity contribution in [2.75, 3.05) is 56.5 Å². The number of methoxy groups -OCH3 is 2. The summed E-state index contributed by atoms with van der Waals surface area (Å²) >= 11 is 5.92. The summed E-state index contributed by atoms with van der Waals surface area (Å²) in [7, 11) is -0.756. The molecule has 0 spiro atoms. The van der Waals surface area contributed by atoms with Gasteiger partial charge in [0.1, 0.15) is 73.7 Å². The number of amides is 1. The van der Waals surface area contributed by atoms with Gasteiger partial charge in [-0.1, -0.05) is 30.7 Å². The van der Waals surface area contributed by atoms with E-state index in [1.807, 2.05) is 88.6 Å². The number of aromatic nitrogens is 6. The van der Waals surface area contributed by atoms with Gasteiger partial charge in [0.25, 0.3) is 5.91 Å². The molecule has 1 aliphatic rings. The van der Waals surface area contributed by atoms with E-state index in [9.17, 15) is 35.2 Å². The van der Waals surface area contributed by atoms with Crippen LogP contribution in [-0.2, 0) is 29.4 Å². The number of carbonyl (C=O) groups is 2. The van der Waals surface area contributed by atoms with Gasteiger partial charge in [0, 0.05) is 85.0 Å². The van der Waals surface area contributed by atoms with Gasteiger partial charge in [-0.3, -0.25) is 18.2 Å². The third-order valence-corrected chi connectivity index (χ3v) is 19.3. The van der Waals surface area contributed by atoms with Crippen molar-refractivity contribution in [1.82, 2.24) is 34.5 Å². The van der Waals surface area contributed by atoms with Crippen molar-refractivity contribution in [2.24, 2.45) is 0 Å². The first kappa shape index (κ1) is 67.4. The molecule has 1 aliphatic heterocycles. The Balaban J connectivity index is 0.000000158. The van der Waals surface area contributed by atoms with Gasteiger partial charge in [-0.25, -0.2) is 44.6 Å². The highest BCUT2D eigenvalue weighted by Gasteiger charge is 2.53. The zero-order valence-electron chi connectivity index (χ0n) is 54.2. The molecule has 0 bridgehead atoms. The quantitative estimate of drug-likeness (QED) is 0.0569. The summed E-state index contributed by atoms with van der Waals surface area (Å²) in [6, 6.07) is 40.0. The Kier molecular flexibility index (Phi) is 18.5. The predicted octanol–water partition coefficient (Wildman–Crippen LogP) is 13.0. The number of hydrogen-bond donors (Lipinski definition) is 1. The van der Waals surface area contributed by atoms with Crippen LogP contribution in [0.4, 0.5) is 20.2 Å². The van der Waals surface area contributed by atoms with Crippen molar-refractivity contribution < 1.29 is 62.8 Å². The van der Waals surface area contributed by atoms with Crippen molar-refractivity contribution in [3.63, 3.8) is 0 Å². The number of pyridine rings is 4. The fraction of sp³-hybridized carbons (Fsp3) is 0.217. The first-order valence-electron chi connectivity index (χ1n) is 29.9. The molecule has 13 rings (SSSR count). The highest BCUT2D eigenvalue weighted by Crippen LogP contribution is 2.44. The first-order valence-corrected chi connectivity index (χ1v) is 34.0. The number of Topliss-reactive ketones (excluding diaryl/α,β-unsaturated/α-hetero) is 1. The molecule has 0 unspecified atom stereocenters. The van der Waals surface area contributed by atoms with Gasteiger partial charge < -0.3 is 32.9 Å². The van der Waals surface area contributed by atoms with Gasteiger partial charge in [0.05, 0.1) is 77.2 Å². The average molecular weight is 1360 g/mol. The second kappa shape index (κ2) is 26.3. The van der Waals surface area contributed by atoms with Gasteiger partial charge >= 0.3 is 7.12 Å². The topological polar surface area (TPSA) is 245 Å². The molecule has 1 saturated heterocycles. The molecule has 9 heterocycles. The summed E-state index contributed by atoms with van der Waals surface area (Å²) in [5.41, 5.74) is 6.96. The molecular weight excluding hydrogens is 1300 g/mol. The van der Waals surface area contributed by atoms with Crippen LogP contribution in [0.5, 0.6) is 11.5 Å². The zero-order valence-corrected chi connectivity index (χ0v) is 56.6.